The number of hydrogen-bond acceptors (Lipinski definition) is 3. The summed E-state index contributed by atoms with van der Waals surface area (Å²) in [5.41, 5.74) is -0.423. The van der Waals surface area contributed by atoms with Gasteiger partial charge in [0.15, 0.2) is 11.6 Å². The molecule has 148 valence electrons. The number of carbonyl (C=O) groups excluding carboxylic acids is 3. The Balaban J connectivity index is 1.80. The zero-order valence-electron chi connectivity index (χ0n) is 15.8. The molecule has 0 spiro atoms. The van der Waals surface area contributed by atoms with E-state index < -0.39 is 23.0 Å². The highest BCUT2D eigenvalue weighted by molar-refractivity contribution is 5.94. The highest BCUT2D eigenvalue weighted by Gasteiger charge is 2.26. The maximum atomic E-state index is 13.3. The van der Waals surface area contributed by atoms with Crippen molar-refractivity contribution in [2.45, 2.75) is 27.2 Å². The summed E-state index contributed by atoms with van der Waals surface area (Å²) in [6.45, 7) is 7.02. The molecule has 0 radical (unpaired) electrons. The SMILES string of the molecule is CC(C)(C)C(=O)NCCC(=O)N1CCN(C(=O)c2ccc(F)c(F)c2)CC1. The molecule has 27 heavy (non-hydrogen) atoms. The van der Waals surface area contributed by atoms with Crippen LogP contribution in [-0.2, 0) is 9.59 Å². The zero-order chi connectivity index (χ0) is 20.2. The summed E-state index contributed by atoms with van der Waals surface area (Å²) in [7, 11) is 0. The third-order valence-electron chi connectivity index (χ3n) is 4.39. The van der Waals surface area contributed by atoms with E-state index in [1.54, 1.807) is 25.7 Å². The largest absolute Gasteiger partial charge is 0.355 e. The number of nitrogens with zero attached hydrogens (tertiary/aromatic N) is 2. The minimum absolute atomic E-state index is 0.0820. The Labute approximate surface area is 157 Å². The van der Waals surface area contributed by atoms with Crippen molar-refractivity contribution in [1.29, 1.82) is 0 Å². The molecular weight excluding hydrogens is 356 g/mol. The van der Waals surface area contributed by atoms with Gasteiger partial charge in [0.1, 0.15) is 0 Å². The monoisotopic (exact) mass is 381 g/mol. The number of benzene rings is 1. The van der Waals surface area contributed by atoms with Gasteiger partial charge in [-0.15, -0.1) is 0 Å². The average molecular weight is 381 g/mol. The van der Waals surface area contributed by atoms with Gasteiger partial charge in [0.25, 0.3) is 5.91 Å². The quantitative estimate of drug-likeness (QED) is 0.865. The third kappa shape index (κ3) is 5.48. The standard InChI is InChI=1S/C19H25F2N3O3/c1-19(2,3)18(27)22-7-6-16(25)23-8-10-24(11-9-23)17(26)13-4-5-14(20)15(21)12-13/h4-5,12H,6-11H2,1-3H3,(H,22,27). The summed E-state index contributed by atoms with van der Waals surface area (Å²) in [5, 5.41) is 2.73. The average Bonchev–Trinajstić information content (AvgIpc) is 2.62. The Morgan fingerprint density at radius 2 is 1.59 bits per heavy atom. The molecule has 0 unspecified atom stereocenters. The molecule has 1 saturated heterocycles. The lowest BCUT2D eigenvalue weighted by molar-refractivity contribution is -0.133. The summed E-state index contributed by atoms with van der Waals surface area (Å²) in [6, 6.07) is 3.05. The van der Waals surface area contributed by atoms with Crippen LogP contribution in [0.25, 0.3) is 0 Å². The van der Waals surface area contributed by atoms with Gasteiger partial charge in [0.2, 0.25) is 11.8 Å². The Hall–Kier alpha value is -2.51. The van der Waals surface area contributed by atoms with E-state index in [1.807, 2.05) is 0 Å². The number of amides is 3. The van der Waals surface area contributed by atoms with Crippen LogP contribution in [0.3, 0.4) is 0 Å². The number of piperazine rings is 1. The summed E-state index contributed by atoms with van der Waals surface area (Å²) in [6.07, 6.45) is 0.193. The zero-order valence-corrected chi connectivity index (χ0v) is 15.8. The first kappa shape index (κ1) is 20.8. The number of rotatable bonds is 4. The normalized spacial score (nSPS) is 14.9. The van der Waals surface area contributed by atoms with Gasteiger partial charge >= 0.3 is 0 Å². The summed E-state index contributed by atoms with van der Waals surface area (Å²) in [5.74, 6) is -2.66. The molecule has 8 heteroatoms. The lowest BCUT2D eigenvalue weighted by atomic mass is 9.96. The molecule has 0 aromatic heterocycles. The van der Waals surface area contributed by atoms with Crippen molar-refractivity contribution in [3.05, 3.63) is 35.4 Å². The summed E-state index contributed by atoms with van der Waals surface area (Å²) in [4.78, 5) is 39.5. The highest BCUT2D eigenvalue weighted by atomic mass is 19.2. The summed E-state index contributed by atoms with van der Waals surface area (Å²) >= 11 is 0. The van der Waals surface area contributed by atoms with Gasteiger partial charge in [-0.1, -0.05) is 20.8 Å². The molecule has 1 N–H and O–H groups in total. The topological polar surface area (TPSA) is 69.7 Å². The molecule has 0 bridgehead atoms. The molecule has 1 aliphatic rings. The second-order valence-electron chi connectivity index (χ2n) is 7.56. The minimum atomic E-state index is -1.06. The van der Waals surface area contributed by atoms with Crippen LogP contribution in [0, 0.1) is 17.0 Å². The molecule has 0 aliphatic carbocycles. The molecule has 3 amide bonds. The van der Waals surface area contributed by atoms with E-state index >= 15 is 0 Å². The molecule has 0 atom stereocenters. The van der Waals surface area contributed by atoms with Crippen molar-refractivity contribution in [2.75, 3.05) is 32.7 Å². The molecule has 1 heterocycles. The van der Waals surface area contributed by atoms with Crippen molar-refractivity contribution in [2.24, 2.45) is 5.41 Å². The van der Waals surface area contributed by atoms with Crippen molar-refractivity contribution in [3.63, 3.8) is 0 Å². The maximum absolute atomic E-state index is 13.3. The van der Waals surface area contributed by atoms with Gasteiger partial charge in [0.05, 0.1) is 0 Å². The van der Waals surface area contributed by atoms with Crippen LogP contribution < -0.4 is 5.32 Å². The van der Waals surface area contributed by atoms with Crippen LogP contribution in [0.4, 0.5) is 8.78 Å². The first-order valence-corrected chi connectivity index (χ1v) is 8.90. The van der Waals surface area contributed by atoms with Gasteiger partial charge in [0, 0.05) is 50.1 Å². The molecule has 2 rings (SSSR count). The fourth-order valence-corrected chi connectivity index (χ4v) is 2.68. The molecular formula is C19H25F2N3O3. The van der Waals surface area contributed by atoms with E-state index in [1.165, 1.54) is 11.0 Å². The first-order valence-electron chi connectivity index (χ1n) is 8.90. The highest BCUT2D eigenvalue weighted by Crippen LogP contribution is 2.14. The van der Waals surface area contributed by atoms with Gasteiger partial charge in [-0.2, -0.15) is 0 Å². The smallest absolute Gasteiger partial charge is 0.254 e. The van der Waals surface area contributed by atoms with Crippen LogP contribution in [0.2, 0.25) is 0 Å². The van der Waals surface area contributed by atoms with Crippen LogP contribution >= 0.6 is 0 Å². The number of hydrogen-bond donors (Lipinski definition) is 1. The lowest BCUT2D eigenvalue weighted by Gasteiger charge is -2.35. The van der Waals surface area contributed by atoms with Gasteiger partial charge in [-0.25, -0.2) is 8.78 Å². The van der Waals surface area contributed by atoms with E-state index in [9.17, 15) is 23.2 Å². The fourth-order valence-electron chi connectivity index (χ4n) is 2.68. The van der Waals surface area contributed by atoms with Crippen LogP contribution in [0.15, 0.2) is 18.2 Å². The third-order valence-corrected chi connectivity index (χ3v) is 4.39. The molecule has 1 aliphatic heterocycles. The Kier molecular flexibility index (Phi) is 6.51. The van der Waals surface area contributed by atoms with Gasteiger partial charge in [-0.3, -0.25) is 14.4 Å². The molecule has 1 aromatic carbocycles. The number of nitrogens with one attached hydrogen (secondary N) is 1. The fraction of sp³-hybridized carbons (Fsp3) is 0.526. The van der Waals surface area contributed by atoms with E-state index in [-0.39, 0.29) is 30.3 Å². The van der Waals surface area contributed by atoms with Crippen molar-refractivity contribution >= 4 is 17.7 Å². The Morgan fingerprint density at radius 1 is 1.00 bits per heavy atom. The summed E-state index contributed by atoms with van der Waals surface area (Å²) < 4.78 is 26.3. The Morgan fingerprint density at radius 3 is 2.15 bits per heavy atom. The van der Waals surface area contributed by atoms with Crippen molar-refractivity contribution in [1.82, 2.24) is 15.1 Å². The van der Waals surface area contributed by atoms with E-state index in [0.717, 1.165) is 12.1 Å². The molecule has 0 saturated carbocycles. The van der Waals surface area contributed by atoms with E-state index in [2.05, 4.69) is 5.32 Å². The second kappa shape index (κ2) is 8.45. The molecule has 1 fully saturated rings. The predicted molar refractivity (Wildman–Crippen MR) is 95.9 cm³/mol. The molecule has 1 aromatic rings. The number of carbonyl (C=O) groups is 3. The van der Waals surface area contributed by atoms with E-state index in [4.69, 9.17) is 0 Å². The lowest BCUT2D eigenvalue weighted by Crippen LogP contribution is -2.51. The van der Waals surface area contributed by atoms with Crippen molar-refractivity contribution < 1.29 is 23.2 Å². The van der Waals surface area contributed by atoms with Crippen LogP contribution in [-0.4, -0.2) is 60.2 Å². The number of halogens is 2. The van der Waals surface area contributed by atoms with Gasteiger partial charge in [-0.05, 0) is 18.2 Å². The maximum Gasteiger partial charge on any atom is 0.254 e. The Bertz CT molecular complexity index is 723. The van der Waals surface area contributed by atoms with Gasteiger partial charge < -0.3 is 15.1 Å². The predicted octanol–water partition coefficient (Wildman–Crippen LogP) is 1.80. The molecule has 6 nitrogen and oxygen atoms in total. The van der Waals surface area contributed by atoms with Crippen molar-refractivity contribution in [3.8, 4) is 0 Å². The van der Waals surface area contributed by atoms with E-state index in [0.29, 0.717) is 26.2 Å². The first-order chi connectivity index (χ1) is 12.6. The minimum Gasteiger partial charge on any atom is -0.355 e. The second-order valence-corrected chi connectivity index (χ2v) is 7.56. The van der Waals surface area contributed by atoms with Crippen LogP contribution in [0.1, 0.15) is 37.6 Å². The van der Waals surface area contributed by atoms with Crippen LogP contribution in [0.5, 0.6) is 0 Å².